The van der Waals surface area contributed by atoms with Crippen LogP contribution in [-0.2, 0) is 0 Å². The molecule has 1 heterocycles. The van der Waals surface area contributed by atoms with Gasteiger partial charge in [0.15, 0.2) is 0 Å². The van der Waals surface area contributed by atoms with E-state index in [2.05, 4.69) is 21.2 Å². The van der Waals surface area contributed by atoms with Crippen molar-refractivity contribution in [1.29, 1.82) is 0 Å². The van der Waals surface area contributed by atoms with E-state index >= 15 is 0 Å². The highest BCUT2D eigenvalue weighted by Gasteiger charge is 2.23. The van der Waals surface area contributed by atoms with Gasteiger partial charge in [0.25, 0.3) is 0 Å². The first kappa shape index (κ1) is 15.6. The summed E-state index contributed by atoms with van der Waals surface area (Å²) in [5, 5.41) is 5.15. The molecule has 1 aromatic carbocycles. The van der Waals surface area contributed by atoms with Crippen molar-refractivity contribution >= 4 is 27.3 Å². The van der Waals surface area contributed by atoms with Crippen LogP contribution < -0.4 is 5.32 Å². The molecule has 0 aliphatic heterocycles. The molecule has 0 spiro atoms. The van der Waals surface area contributed by atoms with Gasteiger partial charge in [-0.25, -0.2) is 8.78 Å². The van der Waals surface area contributed by atoms with Crippen molar-refractivity contribution in [2.45, 2.75) is 26.3 Å². The Labute approximate surface area is 130 Å². The molecule has 1 unspecified atom stereocenters. The second-order valence-corrected chi connectivity index (χ2v) is 6.50. The van der Waals surface area contributed by atoms with Gasteiger partial charge in [-0.1, -0.05) is 13.0 Å². The van der Waals surface area contributed by atoms with Crippen LogP contribution >= 0.6 is 27.3 Å². The van der Waals surface area contributed by atoms with Gasteiger partial charge in [0.2, 0.25) is 0 Å². The summed E-state index contributed by atoms with van der Waals surface area (Å²) < 4.78 is 29.4. The van der Waals surface area contributed by atoms with Crippen molar-refractivity contribution in [2.75, 3.05) is 6.54 Å². The summed E-state index contributed by atoms with van der Waals surface area (Å²) in [6.07, 6.45) is 0.901. The zero-order valence-corrected chi connectivity index (χ0v) is 13.7. The van der Waals surface area contributed by atoms with Gasteiger partial charge in [-0.3, -0.25) is 0 Å². The van der Waals surface area contributed by atoms with Gasteiger partial charge in [0.05, 0.1) is 6.04 Å². The van der Waals surface area contributed by atoms with Crippen molar-refractivity contribution in [3.05, 3.63) is 55.7 Å². The second kappa shape index (κ2) is 6.78. The molecule has 0 aliphatic rings. The summed E-state index contributed by atoms with van der Waals surface area (Å²) in [6, 6.07) is 4.25. The number of halogens is 3. The van der Waals surface area contributed by atoms with Crippen molar-refractivity contribution in [1.82, 2.24) is 5.32 Å². The molecule has 2 aromatic rings. The Kier molecular flexibility index (Phi) is 5.29. The summed E-state index contributed by atoms with van der Waals surface area (Å²) in [5.74, 6) is -0.977. The standard InChI is InChI=1S/C15H16BrF2NS/c1-3-6-19-15(12-7-10(16)8-20-12)13-11(17)5-4-9(2)14(13)18/h4-5,7-8,15,19H,3,6H2,1-2H3. The van der Waals surface area contributed by atoms with E-state index in [0.29, 0.717) is 12.1 Å². The molecule has 1 atom stereocenters. The van der Waals surface area contributed by atoms with E-state index in [4.69, 9.17) is 0 Å². The minimum absolute atomic E-state index is 0.104. The van der Waals surface area contributed by atoms with E-state index in [9.17, 15) is 8.78 Å². The number of hydrogen-bond donors (Lipinski definition) is 1. The predicted molar refractivity (Wildman–Crippen MR) is 83.3 cm³/mol. The molecule has 0 fully saturated rings. The molecule has 0 saturated heterocycles. The largest absolute Gasteiger partial charge is 0.305 e. The van der Waals surface area contributed by atoms with E-state index in [0.717, 1.165) is 15.8 Å². The molecule has 1 nitrogen and oxygen atoms in total. The Hall–Kier alpha value is -0.780. The summed E-state index contributed by atoms with van der Waals surface area (Å²) in [4.78, 5) is 0.897. The molecule has 1 aromatic heterocycles. The van der Waals surface area contributed by atoms with Gasteiger partial charge in [-0.05, 0) is 53.5 Å². The monoisotopic (exact) mass is 359 g/mol. The summed E-state index contributed by atoms with van der Waals surface area (Å²) in [5.41, 5.74) is 0.563. The highest BCUT2D eigenvalue weighted by atomic mass is 79.9. The van der Waals surface area contributed by atoms with Crippen LogP contribution in [0.5, 0.6) is 0 Å². The first-order valence-corrected chi connectivity index (χ1v) is 8.13. The second-order valence-electron chi connectivity index (χ2n) is 4.65. The summed E-state index contributed by atoms with van der Waals surface area (Å²) in [6.45, 7) is 4.38. The van der Waals surface area contributed by atoms with E-state index in [1.165, 1.54) is 23.5 Å². The van der Waals surface area contributed by atoms with Gasteiger partial charge in [-0.2, -0.15) is 0 Å². The first-order chi connectivity index (χ1) is 9.54. The molecule has 1 N–H and O–H groups in total. The number of nitrogens with one attached hydrogen (secondary N) is 1. The molecular formula is C15H16BrF2NS. The highest BCUT2D eigenvalue weighted by molar-refractivity contribution is 9.10. The quantitative estimate of drug-likeness (QED) is 0.774. The summed E-state index contributed by atoms with van der Waals surface area (Å²) >= 11 is 4.87. The molecule has 2 rings (SSSR count). The average Bonchev–Trinajstić information content (AvgIpc) is 2.84. The lowest BCUT2D eigenvalue weighted by Gasteiger charge is -2.20. The maximum Gasteiger partial charge on any atom is 0.134 e. The van der Waals surface area contributed by atoms with Gasteiger partial charge < -0.3 is 5.32 Å². The Morgan fingerprint density at radius 2 is 2.10 bits per heavy atom. The van der Waals surface area contributed by atoms with E-state index in [-0.39, 0.29) is 5.56 Å². The molecule has 0 bridgehead atoms. The lowest BCUT2D eigenvalue weighted by atomic mass is 10.0. The van der Waals surface area contributed by atoms with E-state index in [1.54, 1.807) is 6.92 Å². The SMILES string of the molecule is CCCNC(c1cc(Br)cs1)c1c(F)ccc(C)c1F. The third-order valence-corrected chi connectivity index (χ3v) is 4.84. The van der Waals surface area contributed by atoms with Crippen LogP contribution in [0.25, 0.3) is 0 Å². The van der Waals surface area contributed by atoms with Crippen LogP contribution in [0.2, 0.25) is 0 Å². The van der Waals surface area contributed by atoms with Crippen LogP contribution in [0.4, 0.5) is 8.78 Å². The van der Waals surface area contributed by atoms with Gasteiger partial charge in [-0.15, -0.1) is 11.3 Å². The predicted octanol–water partition coefficient (Wildman–Crippen LogP) is 5.19. The van der Waals surface area contributed by atoms with Gasteiger partial charge >= 0.3 is 0 Å². The topological polar surface area (TPSA) is 12.0 Å². The molecule has 20 heavy (non-hydrogen) atoms. The van der Waals surface area contributed by atoms with E-state index in [1.807, 2.05) is 18.4 Å². The number of rotatable bonds is 5. The minimum Gasteiger partial charge on any atom is -0.305 e. The van der Waals surface area contributed by atoms with Crippen LogP contribution in [0.1, 0.15) is 35.4 Å². The van der Waals surface area contributed by atoms with Gasteiger partial charge in [0.1, 0.15) is 11.6 Å². The van der Waals surface area contributed by atoms with Gasteiger partial charge in [0, 0.05) is 20.3 Å². The van der Waals surface area contributed by atoms with Crippen molar-refractivity contribution in [3.63, 3.8) is 0 Å². The lowest BCUT2D eigenvalue weighted by molar-refractivity contribution is 0.502. The molecule has 0 aliphatic carbocycles. The molecule has 0 amide bonds. The Morgan fingerprint density at radius 3 is 2.70 bits per heavy atom. The maximum absolute atomic E-state index is 14.3. The third kappa shape index (κ3) is 3.27. The normalized spacial score (nSPS) is 12.7. The fourth-order valence-electron chi connectivity index (χ4n) is 2.06. The first-order valence-electron chi connectivity index (χ1n) is 6.46. The van der Waals surface area contributed by atoms with Crippen molar-refractivity contribution < 1.29 is 8.78 Å². The van der Waals surface area contributed by atoms with Crippen LogP contribution in [0, 0.1) is 18.6 Å². The minimum atomic E-state index is -0.508. The summed E-state index contributed by atoms with van der Waals surface area (Å²) in [7, 11) is 0. The fourth-order valence-corrected chi connectivity index (χ4v) is 3.58. The number of hydrogen-bond acceptors (Lipinski definition) is 2. The Balaban J connectivity index is 2.49. The van der Waals surface area contributed by atoms with E-state index < -0.39 is 17.7 Å². The number of thiophene rings is 1. The number of aryl methyl sites for hydroxylation is 1. The zero-order chi connectivity index (χ0) is 14.7. The Bertz CT molecular complexity index is 598. The Morgan fingerprint density at radius 1 is 1.35 bits per heavy atom. The molecular weight excluding hydrogens is 344 g/mol. The smallest absolute Gasteiger partial charge is 0.134 e. The molecule has 0 radical (unpaired) electrons. The third-order valence-electron chi connectivity index (χ3n) is 3.08. The molecule has 5 heteroatoms. The van der Waals surface area contributed by atoms with Crippen LogP contribution in [0.3, 0.4) is 0 Å². The number of benzene rings is 1. The van der Waals surface area contributed by atoms with Crippen molar-refractivity contribution in [3.8, 4) is 0 Å². The fraction of sp³-hybridized carbons (Fsp3) is 0.333. The zero-order valence-electron chi connectivity index (χ0n) is 11.3. The van der Waals surface area contributed by atoms with Crippen LogP contribution in [-0.4, -0.2) is 6.54 Å². The maximum atomic E-state index is 14.3. The molecule has 108 valence electrons. The lowest BCUT2D eigenvalue weighted by Crippen LogP contribution is -2.24. The average molecular weight is 360 g/mol. The van der Waals surface area contributed by atoms with Crippen molar-refractivity contribution in [2.24, 2.45) is 0 Å². The highest BCUT2D eigenvalue weighted by Crippen LogP contribution is 2.33. The van der Waals surface area contributed by atoms with Crippen LogP contribution in [0.15, 0.2) is 28.1 Å². The molecule has 0 saturated carbocycles.